The van der Waals surface area contributed by atoms with Crippen LogP contribution >= 0.6 is 0 Å². The van der Waals surface area contributed by atoms with Crippen molar-refractivity contribution in [2.45, 2.75) is 20.3 Å². The Morgan fingerprint density at radius 2 is 2.29 bits per heavy atom. The van der Waals surface area contributed by atoms with Crippen LogP contribution in [0, 0.1) is 11.8 Å². The Hall–Kier alpha value is -1.32. The van der Waals surface area contributed by atoms with Crippen LogP contribution in [-0.2, 0) is 18.3 Å². The van der Waals surface area contributed by atoms with Crippen LogP contribution in [0.5, 0.6) is 0 Å². The number of hydrogen-bond acceptors (Lipinski definition) is 2. The lowest BCUT2D eigenvalue weighted by atomic mass is 9.91. The van der Waals surface area contributed by atoms with Gasteiger partial charge in [0.15, 0.2) is 0 Å². The van der Waals surface area contributed by atoms with Crippen LogP contribution in [-0.4, -0.2) is 20.6 Å². The molecule has 0 aliphatic rings. The highest BCUT2D eigenvalue weighted by atomic mass is 16.4. The van der Waals surface area contributed by atoms with Gasteiger partial charge in [-0.25, -0.2) is 4.98 Å². The van der Waals surface area contributed by atoms with Crippen molar-refractivity contribution in [3.8, 4) is 0 Å². The van der Waals surface area contributed by atoms with Gasteiger partial charge < -0.3 is 9.67 Å². The van der Waals surface area contributed by atoms with Gasteiger partial charge in [-0.15, -0.1) is 0 Å². The summed E-state index contributed by atoms with van der Waals surface area (Å²) in [6, 6.07) is 0. The maximum absolute atomic E-state index is 10.9. The maximum atomic E-state index is 10.9. The van der Waals surface area contributed by atoms with Gasteiger partial charge >= 0.3 is 5.97 Å². The number of hydrogen-bond donors (Lipinski definition) is 1. The van der Waals surface area contributed by atoms with E-state index in [1.807, 2.05) is 31.7 Å². The maximum Gasteiger partial charge on any atom is 0.307 e. The van der Waals surface area contributed by atoms with Gasteiger partial charge in [0.1, 0.15) is 0 Å². The lowest BCUT2D eigenvalue weighted by Crippen LogP contribution is -2.22. The van der Waals surface area contributed by atoms with Crippen molar-refractivity contribution in [3.63, 3.8) is 0 Å². The average Bonchev–Trinajstić information content (AvgIpc) is 2.46. The predicted molar refractivity (Wildman–Crippen MR) is 52.9 cm³/mol. The van der Waals surface area contributed by atoms with Crippen molar-refractivity contribution in [1.82, 2.24) is 9.55 Å². The molecule has 0 spiro atoms. The lowest BCUT2D eigenvalue weighted by molar-refractivity contribution is -0.143. The molecule has 0 fully saturated rings. The Morgan fingerprint density at radius 3 is 2.64 bits per heavy atom. The number of imidazole rings is 1. The molecule has 0 saturated carbocycles. The fourth-order valence-electron chi connectivity index (χ4n) is 1.41. The Kier molecular flexibility index (Phi) is 3.28. The molecular weight excluding hydrogens is 180 g/mol. The number of carbonyl (C=O) groups is 1. The Labute approximate surface area is 83.6 Å². The standard InChI is InChI=1S/C10H16N2O2/c1-7(2)9(10(13)14)4-8-5-12(3)6-11-8/h5-7,9H,4H2,1-3H3,(H,13,14)/t9-/m1/s1. The smallest absolute Gasteiger partial charge is 0.307 e. The summed E-state index contributed by atoms with van der Waals surface area (Å²) in [5, 5.41) is 8.98. The summed E-state index contributed by atoms with van der Waals surface area (Å²) in [5.74, 6) is -0.954. The molecule has 0 unspecified atom stereocenters. The van der Waals surface area contributed by atoms with Crippen molar-refractivity contribution in [2.24, 2.45) is 18.9 Å². The molecule has 1 aromatic rings. The van der Waals surface area contributed by atoms with Gasteiger partial charge in [0, 0.05) is 19.7 Å². The zero-order valence-electron chi connectivity index (χ0n) is 8.77. The minimum Gasteiger partial charge on any atom is -0.481 e. The number of aromatic nitrogens is 2. The third-order valence-electron chi connectivity index (χ3n) is 2.31. The predicted octanol–water partition coefficient (Wildman–Crippen LogP) is 1.32. The first-order valence-electron chi connectivity index (χ1n) is 4.70. The van der Waals surface area contributed by atoms with Crippen molar-refractivity contribution >= 4 is 5.97 Å². The highest BCUT2D eigenvalue weighted by Crippen LogP contribution is 2.16. The van der Waals surface area contributed by atoms with Gasteiger partial charge in [0.25, 0.3) is 0 Å². The molecular formula is C10H16N2O2. The molecule has 0 aromatic carbocycles. The third-order valence-corrected chi connectivity index (χ3v) is 2.31. The molecule has 1 N–H and O–H groups in total. The molecule has 0 amide bonds. The van der Waals surface area contributed by atoms with Crippen LogP contribution in [0.2, 0.25) is 0 Å². The number of aryl methyl sites for hydroxylation is 1. The summed E-state index contributed by atoms with van der Waals surface area (Å²) >= 11 is 0. The van der Waals surface area contributed by atoms with E-state index in [9.17, 15) is 4.79 Å². The topological polar surface area (TPSA) is 55.1 Å². The van der Waals surface area contributed by atoms with E-state index in [-0.39, 0.29) is 11.8 Å². The molecule has 0 bridgehead atoms. The molecule has 1 atom stereocenters. The second kappa shape index (κ2) is 4.26. The minimum absolute atomic E-state index is 0.134. The van der Waals surface area contributed by atoms with Crippen molar-refractivity contribution in [1.29, 1.82) is 0 Å². The van der Waals surface area contributed by atoms with Crippen LogP contribution in [0.3, 0.4) is 0 Å². The van der Waals surface area contributed by atoms with Crippen LogP contribution < -0.4 is 0 Å². The van der Waals surface area contributed by atoms with Gasteiger partial charge in [-0.1, -0.05) is 13.8 Å². The first kappa shape index (κ1) is 10.8. The molecule has 0 saturated heterocycles. The van der Waals surface area contributed by atoms with E-state index in [1.165, 1.54) is 0 Å². The molecule has 0 aliphatic carbocycles. The van der Waals surface area contributed by atoms with Crippen LogP contribution in [0.15, 0.2) is 12.5 Å². The summed E-state index contributed by atoms with van der Waals surface area (Å²) in [6.45, 7) is 3.84. The molecule has 1 heterocycles. The highest BCUT2D eigenvalue weighted by molar-refractivity contribution is 5.70. The largest absolute Gasteiger partial charge is 0.481 e. The van der Waals surface area contributed by atoms with E-state index in [0.29, 0.717) is 6.42 Å². The second-order valence-corrected chi connectivity index (χ2v) is 3.92. The van der Waals surface area contributed by atoms with Crippen LogP contribution in [0.4, 0.5) is 0 Å². The number of carboxylic acid groups (broad SMARTS) is 1. The van der Waals surface area contributed by atoms with E-state index in [2.05, 4.69) is 4.98 Å². The molecule has 78 valence electrons. The van der Waals surface area contributed by atoms with Gasteiger partial charge in [0.2, 0.25) is 0 Å². The fraction of sp³-hybridized carbons (Fsp3) is 0.600. The van der Waals surface area contributed by atoms with Gasteiger partial charge in [-0.05, 0) is 5.92 Å². The van der Waals surface area contributed by atoms with Crippen molar-refractivity contribution in [3.05, 3.63) is 18.2 Å². The fourth-order valence-corrected chi connectivity index (χ4v) is 1.41. The summed E-state index contributed by atoms with van der Waals surface area (Å²) < 4.78 is 1.83. The quantitative estimate of drug-likeness (QED) is 0.790. The summed E-state index contributed by atoms with van der Waals surface area (Å²) in [4.78, 5) is 15.0. The van der Waals surface area contributed by atoms with E-state index in [0.717, 1.165) is 5.69 Å². The summed E-state index contributed by atoms with van der Waals surface area (Å²) in [7, 11) is 1.88. The van der Waals surface area contributed by atoms with Gasteiger partial charge in [-0.3, -0.25) is 4.79 Å². The lowest BCUT2D eigenvalue weighted by Gasteiger charge is -2.14. The Balaban J connectivity index is 2.69. The van der Waals surface area contributed by atoms with Gasteiger partial charge in [0.05, 0.1) is 17.9 Å². The summed E-state index contributed by atoms with van der Waals surface area (Å²) in [6.07, 6.45) is 4.06. The molecule has 4 heteroatoms. The Bertz CT molecular complexity index is 318. The van der Waals surface area contributed by atoms with E-state index in [4.69, 9.17) is 5.11 Å². The zero-order valence-corrected chi connectivity index (χ0v) is 8.77. The third kappa shape index (κ3) is 2.58. The van der Waals surface area contributed by atoms with Gasteiger partial charge in [-0.2, -0.15) is 0 Å². The highest BCUT2D eigenvalue weighted by Gasteiger charge is 2.22. The SMILES string of the molecule is CC(C)[C@@H](Cc1cn(C)cn1)C(=O)O. The van der Waals surface area contributed by atoms with Crippen molar-refractivity contribution < 1.29 is 9.90 Å². The zero-order chi connectivity index (χ0) is 10.7. The van der Waals surface area contributed by atoms with E-state index < -0.39 is 5.97 Å². The average molecular weight is 196 g/mol. The molecule has 0 radical (unpaired) electrons. The monoisotopic (exact) mass is 196 g/mol. The minimum atomic E-state index is -0.745. The molecule has 1 rings (SSSR count). The second-order valence-electron chi connectivity index (χ2n) is 3.92. The summed E-state index contributed by atoms with van der Waals surface area (Å²) in [5.41, 5.74) is 0.841. The van der Waals surface area contributed by atoms with E-state index >= 15 is 0 Å². The normalized spacial score (nSPS) is 13.1. The van der Waals surface area contributed by atoms with Crippen molar-refractivity contribution in [2.75, 3.05) is 0 Å². The first-order valence-corrected chi connectivity index (χ1v) is 4.70. The molecule has 0 aliphatic heterocycles. The number of aliphatic carboxylic acids is 1. The number of rotatable bonds is 4. The van der Waals surface area contributed by atoms with Crippen LogP contribution in [0.1, 0.15) is 19.5 Å². The van der Waals surface area contributed by atoms with Crippen LogP contribution in [0.25, 0.3) is 0 Å². The number of nitrogens with zero attached hydrogens (tertiary/aromatic N) is 2. The number of carboxylic acids is 1. The molecule has 1 aromatic heterocycles. The molecule has 4 nitrogen and oxygen atoms in total. The molecule has 14 heavy (non-hydrogen) atoms. The first-order chi connectivity index (χ1) is 6.50. The Morgan fingerprint density at radius 1 is 1.64 bits per heavy atom. The van der Waals surface area contributed by atoms with E-state index in [1.54, 1.807) is 6.33 Å².